The number of carbonyl (C=O) groups is 1. The van der Waals surface area contributed by atoms with Gasteiger partial charge in [-0.1, -0.05) is 91.0 Å². The molecule has 4 rings (SSSR count). The van der Waals surface area contributed by atoms with Crippen LogP contribution in [0.2, 0.25) is 0 Å². The van der Waals surface area contributed by atoms with Gasteiger partial charge in [0.1, 0.15) is 12.2 Å². The monoisotopic (exact) mass is 606 g/mol. The topological polar surface area (TPSA) is 92.7 Å². The Morgan fingerprint density at radius 2 is 1.39 bits per heavy atom. The van der Waals surface area contributed by atoms with Gasteiger partial charge in [-0.2, -0.15) is 0 Å². The average Bonchev–Trinajstić information content (AvgIpc) is 3.03. The Labute approximate surface area is 261 Å². The summed E-state index contributed by atoms with van der Waals surface area (Å²) in [5, 5.41) is 10.3. The van der Waals surface area contributed by atoms with E-state index in [0.29, 0.717) is 26.2 Å². The van der Waals surface area contributed by atoms with Crippen molar-refractivity contribution in [2.75, 3.05) is 6.61 Å². The van der Waals surface area contributed by atoms with Crippen molar-refractivity contribution in [2.45, 2.75) is 103 Å². The van der Waals surface area contributed by atoms with Crippen molar-refractivity contribution in [3.05, 3.63) is 108 Å². The predicted molar refractivity (Wildman–Crippen MR) is 166 cm³/mol. The summed E-state index contributed by atoms with van der Waals surface area (Å²) in [6, 6.07) is 30.0. The van der Waals surface area contributed by atoms with E-state index in [-0.39, 0.29) is 13.0 Å². The first-order valence-corrected chi connectivity index (χ1v) is 15.4. The van der Waals surface area contributed by atoms with Crippen LogP contribution >= 0.6 is 0 Å². The largest absolute Gasteiger partial charge is 0.464 e. The van der Waals surface area contributed by atoms with Gasteiger partial charge in [0, 0.05) is 12.8 Å². The van der Waals surface area contributed by atoms with Crippen molar-refractivity contribution in [1.29, 1.82) is 0 Å². The molecular weight excluding hydrogens is 560 g/mol. The molecule has 1 aliphatic rings. The maximum Gasteiger partial charge on any atom is 0.335 e. The van der Waals surface area contributed by atoms with Gasteiger partial charge in [0.05, 0.1) is 44.2 Å². The standard InChI is InChI=1S/C36H46O8/c1-5-39-35(38)30(37)21-26(2)43-32-22-31(40-23-27-15-9-6-10-16-27)33(41-24-28-17-11-7-12-18-28)34(44-32)36(3,4)42-25-29-19-13-8-14-20-29/h6-20,26,30-34,37H,5,21-25H2,1-4H3/t26-,30?,31-,32+,33+,34+/m1/s1. The number of hydrogen-bond donors (Lipinski definition) is 1. The SMILES string of the molecule is CCOC(=O)C(O)C[C@@H](C)O[C@@H]1C[C@@H](OCc2ccccc2)[C@H](OCc2ccccc2)[C@@H](C(C)(C)OCc2ccccc2)O1. The molecule has 0 amide bonds. The molecule has 1 unspecified atom stereocenters. The van der Waals surface area contributed by atoms with Crippen LogP contribution in [0.3, 0.4) is 0 Å². The Balaban J connectivity index is 1.56. The number of benzene rings is 3. The molecule has 1 aliphatic heterocycles. The summed E-state index contributed by atoms with van der Waals surface area (Å²) in [5.41, 5.74) is 2.32. The molecule has 6 atom stereocenters. The highest BCUT2D eigenvalue weighted by atomic mass is 16.7. The number of esters is 1. The van der Waals surface area contributed by atoms with Gasteiger partial charge in [0.15, 0.2) is 12.4 Å². The summed E-state index contributed by atoms with van der Waals surface area (Å²) in [5.74, 6) is -0.667. The van der Waals surface area contributed by atoms with E-state index in [0.717, 1.165) is 16.7 Å². The minimum atomic E-state index is -1.29. The summed E-state index contributed by atoms with van der Waals surface area (Å²) in [7, 11) is 0. The van der Waals surface area contributed by atoms with Crippen LogP contribution in [0.1, 0.15) is 57.2 Å². The zero-order chi connectivity index (χ0) is 31.4. The second-order valence-corrected chi connectivity index (χ2v) is 11.6. The Bertz CT molecular complexity index is 1240. The van der Waals surface area contributed by atoms with Crippen LogP contribution in [0.4, 0.5) is 0 Å². The minimum Gasteiger partial charge on any atom is -0.464 e. The van der Waals surface area contributed by atoms with Crippen molar-refractivity contribution < 1.29 is 38.3 Å². The quantitative estimate of drug-likeness (QED) is 0.199. The molecule has 8 nitrogen and oxygen atoms in total. The average molecular weight is 607 g/mol. The molecule has 1 fully saturated rings. The van der Waals surface area contributed by atoms with Crippen molar-refractivity contribution in [1.82, 2.24) is 0 Å². The Hall–Kier alpha value is -3.11. The number of aliphatic hydroxyl groups excluding tert-OH is 1. The highest BCUT2D eigenvalue weighted by Gasteiger charge is 2.49. The highest BCUT2D eigenvalue weighted by Crippen LogP contribution is 2.36. The molecule has 0 bridgehead atoms. The molecule has 8 heteroatoms. The molecule has 0 radical (unpaired) electrons. The van der Waals surface area contributed by atoms with Gasteiger partial charge < -0.3 is 33.5 Å². The highest BCUT2D eigenvalue weighted by molar-refractivity contribution is 5.74. The van der Waals surface area contributed by atoms with Crippen LogP contribution in [0.5, 0.6) is 0 Å². The second kappa shape index (κ2) is 16.8. The fraction of sp³-hybridized carbons (Fsp3) is 0.472. The maximum absolute atomic E-state index is 12.0. The molecule has 1 heterocycles. The lowest BCUT2D eigenvalue weighted by molar-refractivity contribution is -0.313. The number of hydrogen-bond acceptors (Lipinski definition) is 8. The molecule has 0 spiro atoms. The van der Waals surface area contributed by atoms with Crippen LogP contribution in [0.25, 0.3) is 0 Å². The predicted octanol–water partition coefficient (Wildman–Crippen LogP) is 5.99. The minimum absolute atomic E-state index is 0.0702. The van der Waals surface area contributed by atoms with E-state index in [2.05, 4.69) is 0 Å². The Morgan fingerprint density at radius 3 is 1.93 bits per heavy atom. The number of ether oxygens (including phenoxy) is 6. The van der Waals surface area contributed by atoms with Gasteiger partial charge in [0.25, 0.3) is 0 Å². The smallest absolute Gasteiger partial charge is 0.335 e. The third kappa shape index (κ3) is 10.2. The lowest BCUT2D eigenvalue weighted by Crippen LogP contribution is -2.60. The van der Waals surface area contributed by atoms with Crippen LogP contribution in [0.15, 0.2) is 91.0 Å². The number of aliphatic hydroxyl groups is 1. The van der Waals surface area contributed by atoms with E-state index in [4.69, 9.17) is 28.4 Å². The molecule has 0 saturated carbocycles. The molecule has 44 heavy (non-hydrogen) atoms. The van der Waals surface area contributed by atoms with E-state index < -0.39 is 48.4 Å². The van der Waals surface area contributed by atoms with E-state index in [9.17, 15) is 9.90 Å². The number of rotatable bonds is 16. The molecule has 0 aliphatic carbocycles. The zero-order valence-corrected chi connectivity index (χ0v) is 26.2. The van der Waals surface area contributed by atoms with Crippen molar-refractivity contribution in [2.24, 2.45) is 0 Å². The Morgan fingerprint density at radius 1 is 0.864 bits per heavy atom. The van der Waals surface area contributed by atoms with Crippen molar-refractivity contribution in [3.8, 4) is 0 Å². The molecule has 238 valence electrons. The van der Waals surface area contributed by atoms with Crippen LogP contribution in [0, 0.1) is 0 Å². The summed E-state index contributed by atoms with van der Waals surface area (Å²) in [4.78, 5) is 12.0. The van der Waals surface area contributed by atoms with Gasteiger partial charge in [-0.25, -0.2) is 4.79 Å². The summed E-state index contributed by atoms with van der Waals surface area (Å²) in [6.45, 7) is 8.83. The van der Waals surface area contributed by atoms with Gasteiger partial charge in [-0.15, -0.1) is 0 Å². The first-order chi connectivity index (χ1) is 21.2. The Kier molecular flexibility index (Phi) is 12.9. The fourth-order valence-electron chi connectivity index (χ4n) is 5.25. The van der Waals surface area contributed by atoms with Gasteiger partial charge >= 0.3 is 5.97 Å². The van der Waals surface area contributed by atoms with Gasteiger partial charge in [0.2, 0.25) is 0 Å². The van der Waals surface area contributed by atoms with Gasteiger partial charge in [-0.05, 0) is 44.4 Å². The lowest BCUT2D eigenvalue weighted by atomic mass is 9.89. The van der Waals surface area contributed by atoms with Crippen LogP contribution in [-0.4, -0.2) is 60.1 Å². The summed E-state index contributed by atoms with van der Waals surface area (Å²) >= 11 is 0. The lowest BCUT2D eigenvalue weighted by Gasteiger charge is -2.47. The first kappa shape index (κ1) is 33.8. The van der Waals surface area contributed by atoms with Crippen LogP contribution < -0.4 is 0 Å². The van der Waals surface area contributed by atoms with E-state index >= 15 is 0 Å². The van der Waals surface area contributed by atoms with Crippen molar-refractivity contribution in [3.63, 3.8) is 0 Å². The summed E-state index contributed by atoms with van der Waals surface area (Å²) < 4.78 is 37.6. The molecule has 1 N–H and O–H groups in total. The van der Waals surface area contributed by atoms with Crippen LogP contribution in [-0.2, 0) is 53.0 Å². The number of carbonyl (C=O) groups excluding carboxylic acids is 1. The molecule has 3 aromatic carbocycles. The molecule has 3 aromatic rings. The normalized spacial score (nSPS) is 21.8. The third-order valence-corrected chi connectivity index (χ3v) is 7.62. The van der Waals surface area contributed by atoms with Gasteiger partial charge in [-0.3, -0.25) is 0 Å². The van der Waals surface area contributed by atoms with E-state index in [1.54, 1.807) is 13.8 Å². The zero-order valence-electron chi connectivity index (χ0n) is 26.2. The van der Waals surface area contributed by atoms with E-state index in [1.807, 2.05) is 105 Å². The first-order valence-electron chi connectivity index (χ1n) is 15.4. The summed E-state index contributed by atoms with van der Waals surface area (Å²) in [6.07, 6.45) is -3.47. The fourth-order valence-corrected chi connectivity index (χ4v) is 5.25. The maximum atomic E-state index is 12.0. The molecule has 1 saturated heterocycles. The second-order valence-electron chi connectivity index (χ2n) is 11.6. The van der Waals surface area contributed by atoms with E-state index in [1.165, 1.54) is 0 Å². The molecule has 0 aromatic heterocycles. The molecular formula is C36H46O8. The van der Waals surface area contributed by atoms with Crippen molar-refractivity contribution >= 4 is 5.97 Å². The third-order valence-electron chi connectivity index (χ3n) is 7.62.